The highest BCUT2D eigenvalue weighted by Crippen LogP contribution is 1.97. The van der Waals surface area contributed by atoms with Crippen LogP contribution in [0.3, 0.4) is 0 Å². The van der Waals surface area contributed by atoms with Gasteiger partial charge in [0.15, 0.2) is 0 Å². The molecule has 5 nitrogen and oxygen atoms in total. The van der Waals surface area contributed by atoms with E-state index < -0.39 is 0 Å². The molecule has 0 aliphatic carbocycles. The molecular weight excluding hydrogens is 190 g/mol. The highest BCUT2D eigenvalue weighted by molar-refractivity contribution is 5.08. The monoisotopic (exact) mass is 203 g/mol. The van der Waals surface area contributed by atoms with Gasteiger partial charge >= 0.3 is 0 Å². The second-order valence-electron chi connectivity index (χ2n) is 3.31. The van der Waals surface area contributed by atoms with Crippen molar-refractivity contribution in [2.45, 2.75) is 13.1 Å². The van der Waals surface area contributed by atoms with Crippen molar-refractivity contribution in [1.82, 2.24) is 25.3 Å². The summed E-state index contributed by atoms with van der Waals surface area (Å²) in [6, 6.07) is 3.98. The second-order valence-corrected chi connectivity index (χ2v) is 3.31. The van der Waals surface area contributed by atoms with Crippen molar-refractivity contribution < 1.29 is 0 Å². The first-order valence-electron chi connectivity index (χ1n) is 4.79. The molecule has 15 heavy (non-hydrogen) atoms. The van der Waals surface area contributed by atoms with Gasteiger partial charge in [-0.05, 0) is 11.6 Å². The lowest BCUT2D eigenvalue weighted by atomic mass is 10.3. The Morgan fingerprint density at radius 2 is 2.27 bits per heavy atom. The minimum Gasteiger partial charge on any atom is -0.307 e. The van der Waals surface area contributed by atoms with E-state index in [1.54, 1.807) is 17.1 Å². The first kappa shape index (κ1) is 9.79. The second kappa shape index (κ2) is 4.65. The average molecular weight is 203 g/mol. The molecule has 0 fully saturated rings. The Kier molecular flexibility index (Phi) is 3.04. The molecule has 0 spiro atoms. The predicted octanol–water partition coefficient (Wildman–Crippen LogP) is 0.500. The van der Waals surface area contributed by atoms with Gasteiger partial charge in [0.2, 0.25) is 0 Å². The highest BCUT2D eigenvalue weighted by atomic mass is 15.4. The van der Waals surface area contributed by atoms with Gasteiger partial charge < -0.3 is 5.32 Å². The summed E-state index contributed by atoms with van der Waals surface area (Å²) in [5, 5.41) is 11.0. The molecule has 0 amide bonds. The van der Waals surface area contributed by atoms with Crippen LogP contribution in [0.1, 0.15) is 11.3 Å². The van der Waals surface area contributed by atoms with Crippen molar-refractivity contribution in [3.05, 3.63) is 42.0 Å². The van der Waals surface area contributed by atoms with Gasteiger partial charge in [0.25, 0.3) is 0 Å². The standard InChI is InChI=1S/C10H13N5/c1-15-10(8-13-14-15)7-12-6-9-3-2-4-11-5-9/h2-5,8,12H,6-7H2,1H3. The molecule has 0 atom stereocenters. The highest BCUT2D eigenvalue weighted by Gasteiger charge is 1.98. The van der Waals surface area contributed by atoms with Crippen LogP contribution in [0.4, 0.5) is 0 Å². The predicted molar refractivity (Wildman–Crippen MR) is 55.8 cm³/mol. The van der Waals surface area contributed by atoms with E-state index >= 15 is 0 Å². The van der Waals surface area contributed by atoms with Crippen molar-refractivity contribution in [2.75, 3.05) is 0 Å². The van der Waals surface area contributed by atoms with Crippen LogP contribution in [-0.2, 0) is 20.1 Å². The summed E-state index contributed by atoms with van der Waals surface area (Å²) in [4.78, 5) is 4.05. The van der Waals surface area contributed by atoms with Crippen molar-refractivity contribution in [2.24, 2.45) is 7.05 Å². The lowest BCUT2D eigenvalue weighted by molar-refractivity contribution is 0.616. The minimum atomic E-state index is 0.762. The largest absolute Gasteiger partial charge is 0.307 e. The lowest BCUT2D eigenvalue weighted by Crippen LogP contribution is -2.15. The van der Waals surface area contributed by atoms with E-state index in [-0.39, 0.29) is 0 Å². The molecule has 2 aromatic rings. The molecule has 0 saturated carbocycles. The summed E-state index contributed by atoms with van der Waals surface area (Å²) in [5.74, 6) is 0. The van der Waals surface area contributed by atoms with Crippen LogP contribution in [0.25, 0.3) is 0 Å². The summed E-state index contributed by atoms with van der Waals surface area (Å²) in [6.45, 7) is 1.57. The Bertz CT molecular complexity index is 409. The molecule has 1 N–H and O–H groups in total. The topological polar surface area (TPSA) is 55.6 Å². The van der Waals surface area contributed by atoms with E-state index in [0.29, 0.717) is 0 Å². The van der Waals surface area contributed by atoms with Gasteiger partial charge in [-0.15, -0.1) is 5.10 Å². The molecular formula is C10H13N5. The van der Waals surface area contributed by atoms with Crippen LogP contribution < -0.4 is 5.32 Å². The van der Waals surface area contributed by atoms with Crippen LogP contribution in [0.5, 0.6) is 0 Å². The third-order valence-electron chi connectivity index (χ3n) is 2.17. The zero-order chi connectivity index (χ0) is 10.5. The van der Waals surface area contributed by atoms with Crippen molar-refractivity contribution in [3.63, 3.8) is 0 Å². The normalized spacial score (nSPS) is 10.5. The first-order chi connectivity index (χ1) is 7.36. The van der Waals surface area contributed by atoms with Crippen LogP contribution in [0, 0.1) is 0 Å². The van der Waals surface area contributed by atoms with E-state index in [9.17, 15) is 0 Å². The van der Waals surface area contributed by atoms with Crippen LogP contribution in [-0.4, -0.2) is 20.0 Å². The average Bonchev–Trinajstić information content (AvgIpc) is 2.66. The maximum Gasteiger partial charge on any atom is 0.0738 e. The molecule has 2 heterocycles. The number of nitrogens with one attached hydrogen (secondary N) is 1. The summed E-state index contributed by atoms with van der Waals surface area (Å²) in [6.07, 6.45) is 5.39. The molecule has 0 aromatic carbocycles. The number of aryl methyl sites for hydroxylation is 1. The Morgan fingerprint density at radius 1 is 1.33 bits per heavy atom. The van der Waals surface area contributed by atoms with Crippen molar-refractivity contribution >= 4 is 0 Å². The molecule has 0 radical (unpaired) electrons. The number of rotatable bonds is 4. The van der Waals surface area contributed by atoms with E-state index in [0.717, 1.165) is 18.8 Å². The van der Waals surface area contributed by atoms with Gasteiger partial charge in [-0.3, -0.25) is 9.67 Å². The molecule has 0 aliphatic heterocycles. The fourth-order valence-electron chi connectivity index (χ4n) is 1.31. The zero-order valence-electron chi connectivity index (χ0n) is 8.59. The third-order valence-corrected chi connectivity index (χ3v) is 2.17. The van der Waals surface area contributed by atoms with Gasteiger partial charge in [-0.2, -0.15) is 0 Å². The van der Waals surface area contributed by atoms with Gasteiger partial charge in [-0.1, -0.05) is 11.3 Å². The summed E-state index contributed by atoms with van der Waals surface area (Å²) < 4.78 is 1.76. The first-order valence-corrected chi connectivity index (χ1v) is 4.79. The Morgan fingerprint density at radius 3 is 2.93 bits per heavy atom. The lowest BCUT2D eigenvalue weighted by Gasteiger charge is -2.03. The van der Waals surface area contributed by atoms with Gasteiger partial charge in [0.05, 0.1) is 11.9 Å². The number of aromatic nitrogens is 4. The van der Waals surface area contributed by atoms with Gasteiger partial charge in [0.1, 0.15) is 0 Å². The maximum absolute atomic E-state index is 4.05. The Labute approximate surface area is 88.1 Å². The Hall–Kier alpha value is -1.75. The van der Waals surface area contributed by atoms with Gasteiger partial charge in [-0.25, -0.2) is 0 Å². The van der Waals surface area contributed by atoms with Crippen molar-refractivity contribution in [3.8, 4) is 0 Å². The van der Waals surface area contributed by atoms with E-state index in [4.69, 9.17) is 0 Å². The molecule has 2 aromatic heterocycles. The summed E-state index contributed by atoms with van der Waals surface area (Å²) in [5.41, 5.74) is 2.24. The minimum absolute atomic E-state index is 0.762. The van der Waals surface area contributed by atoms with Crippen LogP contribution >= 0.6 is 0 Å². The van der Waals surface area contributed by atoms with E-state index in [1.165, 1.54) is 5.56 Å². The SMILES string of the molecule is Cn1nncc1CNCc1cccnc1. The number of pyridine rings is 1. The number of nitrogens with zero attached hydrogens (tertiary/aromatic N) is 4. The smallest absolute Gasteiger partial charge is 0.0738 e. The molecule has 78 valence electrons. The van der Waals surface area contributed by atoms with Crippen LogP contribution in [0.2, 0.25) is 0 Å². The van der Waals surface area contributed by atoms with Gasteiger partial charge in [0, 0.05) is 32.5 Å². The molecule has 0 bridgehead atoms. The fourth-order valence-corrected chi connectivity index (χ4v) is 1.31. The van der Waals surface area contributed by atoms with Crippen molar-refractivity contribution in [1.29, 1.82) is 0 Å². The zero-order valence-corrected chi connectivity index (χ0v) is 8.59. The quantitative estimate of drug-likeness (QED) is 0.786. The molecule has 2 rings (SSSR count). The summed E-state index contributed by atoms with van der Waals surface area (Å²) >= 11 is 0. The number of hydrogen-bond acceptors (Lipinski definition) is 4. The fraction of sp³-hybridized carbons (Fsp3) is 0.300. The third kappa shape index (κ3) is 2.60. The molecule has 5 heteroatoms. The van der Waals surface area contributed by atoms with Crippen LogP contribution in [0.15, 0.2) is 30.7 Å². The summed E-state index contributed by atoms with van der Waals surface area (Å²) in [7, 11) is 1.88. The maximum atomic E-state index is 4.05. The number of hydrogen-bond donors (Lipinski definition) is 1. The molecule has 0 unspecified atom stereocenters. The van der Waals surface area contributed by atoms with E-state index in [1.807, 2.05) is 25.4 Å². The van der Waals surface area contributed by atoms with E-state index in [2.05, 4.69) is 20.6 Å². The molecule has 0 saturated heterocycles. The molecule has 0 aliphatic rings. The Balaban J connectivity index is 1.83.